The summed E-state index contributed by atoms with van der Waals surface area (Å²) >= 11 is 5.95. The summed E-state index contributed by atoms with van der Waals surface area (Å²) in [7, 11) is 0. The van der Waals surface area contributed by atoms with Gasteiger partial charge in [-0.25, -0.2) is 0 Å². The molecule has 1 amide bonds. The van der Waals surface area contributed by atoms with Crippen molar-refractivity contribution >= 4 is 23.2 Å². The van der Waals surface area contributed by atoms with Crippen LogP contribution in [0, 0.1) is 11.8 Å². The molecule has 1 saturated carbocycles. The molecule has 18 heavy (non-hydrogen) atoms. The molecule has 0 aromatic heterocycles. The average molecular weight is 267 g/mol. The van der Waals surface area contributed by atoms with E-state index < -0.39 is 0 Å². The smallest absolute Gasteiger partial charge is 0.253 e. The maximum Gasteiger partial charge on any atom is 0.253 e. The highest BCUT2D eigenvalue weighted by Crippen LogP contribution is 2.36. The third-order valence-electron chi connectivity index (χ3n) is 3.39. The first-order valence-corrected chi connectivity index (χ1v) is 6.81. The predicted molar refractivity (Wildman–Crippen MR) is 75.2 cm³/mol. The van der Waals surface area contributed by atoms with Gasteiger partial charge in [-0.15, -0.1) is 0 Å². The number of benzene rings is 1. The van der Waals surface area contributed by atoms with Gasteiger partial charge < -0.3 is 10.6 Å². The van der Waals surface area contributed by atoms with E-state index in [-0.39, 0.29) is 5.91 Å². The molecule has 4 heteroatoms. The molecule has 0 bridgehead atoms. The van der Waals surface area contributed by atoms with E-state index >= 15 is 0 Å². The van der Waals surface area contributed by atoms with Crippen LogP contribution >= 0.6 is 11.6 Å². The Morgan fingerprint density at radius 3 is 2.83 bits per heavy atom. The van der Waals surface area contributed by atoms with Crippen molar-refractivity contribution in [2.24, 2.45) is 11.8 Å². The zero-order valence-corrected chi connectivity index (χ0v) is 11.6. The Labute approximate surface area is 113 Å². The third-order valence-corrected chi connectivity index (χ3v) is 3.63. The zero-order valence-electron chi connectivity index (χ0n) is 10.8. The molecule has 1 aliphatic carbocycles. The summed E-state index contributed by atoms with van der Waals surface area (Å²) in [5.74, 6) is 1.35. The lowest BCUT2D eigenvalue weighted by atomic mass is 10.1. The van der Waals surface area contributed by atoms with Gasteiger partial charge in [-0.2, -0.15) is 0 Å². The number of anilines is 1. The summed E-state index contributed by atoms with van der Waals surface area (Å²) in [6, 6.07) is 5.35. The monoisotopic (exact) mass is 266 g/mol. The number of carbonyl (C=O) groups is 1. The first kappa shape index (κ1) is 13.2. The first-order valence-electron chi connectivity index (χ1n) is 6.43. The third kappa shape index (κ3) is 3.16. The molecule has 1 aromatic carbocycles. The predicted octanol–water partition coefficient (Wildman–Crippen LogP) is 3.16. The van der Waals surface area contributed by atoms with E-state index in [1.165, 1.54) is 6.42 Å². The van der Waals surface area contributed by atoms with Gasteiger partial charge in [0.15, 0.2) is 0 Å². The van der Waals surface area contributed by atoms with Gasteiger partial charge in [0.05, 0.1) is 5.56 Å². The van der Waals surface area contributed by atoms with Gasteiger partial charge in [-0.05, 0) is 43.4 Å². The van der Waals surface area contributed by atoms with E-state index in [9.17, 15) is 4.79 Å². The normalized spacial score (nSPS) is 21.5. The fraction of sp³-hybridized carbons (Fsp3) is 0.500. The number of nitrogens with one attached hydrogen (secondary N) is 2. The summed E-state index contributed by atoms with van der Waals surface area (Å²) in [6.45, 7) is 5.75. The fourth-order valence-electron chi connectivity index (χ4n) is 2.05. The van der Waals surface area contributed by atoms with Crippen LogP contribution in [0.5, 0.6) is 0 Å². The van der Waals surface area contributed by atoms with Crippen LogP contribution in [0.1, 0.15) is 30.6 Å². The van der Waals surface area contributed by atoms with Crippen LogP contribution in [0.4, 0.5) is 5.69 Å². The summed E-state index contributed by atoms with van der Waals surface area (Å²) < 4.78 is 0. The number of hydrogen-bond donors (Lipinski definition) is 2. The lowest BCUT2D eigenvalue weighted by Gasteiger charge is -2.11. The molecule has 0 saturated heterocycles. The molecule has 1 aromatic rings. The van der Waals surface area contributed by atoms with Crippen LogP contribution in [0.25, 0.3) is 0 Å². The van der Waals surface area contributed by atoms with Crippen molar-refractivity contribution in [3.8, 4) is 0 Å². The molecule has 0 radical (unpaired) electrons. The first-order chi connectivity index (χ1) is 8.61. The Kier molecular flexibility index (Phi) is 4.12. The zero-order chi connectivity index (χ0) is 13.1. The topological polar surface area (TPSA) is 41.1 Å². The number of rotatable bonds is 5. The van der Waals surface area contributed by atoms with Crippen molar-refractivity contribution in [2.75, 3.05) is 18.4 Å². The maximum absolute atomic E-state index is 12.1. The Morgan fingerprint density at radius 1 is 1.50 bits per heavy atom. The summed E-state index contributed by atoms with van der Waals surface area (Å²) in [5, 5.41) is 6.74. The van der Waals surface area contributed by atoms with Crippen LogP contribution in [0.2, 0.25) is 5.02 Å². The molecule has 0 spiro atoms. The minimum atomic E-state index is -0.0486. The van der Waals surface area contributed by atoms with E-state index in [0.29, 0.717) is 16.5 Å². The van der Waals surface area contributed by atoms with Crippen LogP contribution in [-0.2, 0) is 0 Å². The van der Waals surface area contributed by atoms with Crippen molar-refractivity contribution in [1.29, 1.82) is 0 Å². The van der Waals surface area contributed by atoms with Crippen molar-refractivity contribution in [3.05, 3.63) is 28.8 Å². The molecular weight excluding hydrogens is 248 g/mol. The van der Waals surface area contributed by atoms with Gasteiger partial charge in [0.1, 0.15) is 0 Å². The minimum absolute atomic E-state index is 0.0486. The molecule has 1 fully saturated rings. The summed E-state index contributed by atoms with van der Waals surface area (Å²) in [4.78, 5) is 12.1. The van der Waals surface area contributed by atoms with Crippen LogP contribution in [0.15, 0.2) is 18.2 Å². The lowest BCUT2D eigenvalue weighted by Crippen LogP contribution is -2.26. The molecule has 2 unspecified atom stereocenters. The second-order valence-electron chi connectivity index (χ2n) is 4.90. The molecule has 2 rings (SSSR count). The summed E-state index contributed by atoms with van der Waals surface area (Å²) in [6.07, 6.45) is 1.22. The molecule has 98 valence electrons. The van der Waals surface area contributed by atoms with E-state index in [1.54, 1.807) is 12.1 Å². The second-order valence-corrected chi connectivity index (χ2v) is 5.34. The van der Waals surface area contributed by atoms with Crippen LogP contribution in [-0.4, -0.2) is 19.0 Å². The molecule has 2 N–H and O–H groups in total. The molecular formula is C14H19ClN2O. The van der Waals surface area contributed by atoms with Gasteiger partial charge in [-0.3, -0.25) is 4.79 Å². The Bertz CT molecular complexity index is 447. The maximum atomic E-state index is 12.1. The number of amides is 1. The highest BCUT2D eigenvalue weighted by molar-refractivity contribution is 6.31. The van der Waals surface area contributed by atoms with Crippen molar-refractivity contribution in [3.63, 3.8) is 0 Å². The largest absolute Gasteiger partial charge is 0.385 e. The highest BCUT2D eigenvalue weighted by atomic mass is 35.5. The molecule has 1 aliphatic rings. The van der Waals surface area contributed by atoms with Crippen molar-refractivity contribution in [1.82, 2.24) is 5.32 Å². The Balaban J connectivity index is 2.04. The van der Waals surface area contributed by atoms with Crippen molar-refractivity contribution in [2.45, 2.75) is 20.3 Å². The van der Waals surface area contributed by atoms with Crippen molar-refractivity contribution < 1.29 is 4.79 Å². The molecule has 3 nitrogen and oxygen atoms in total. The Morgan fingerprint density at radius 2 is 2.22 bits per heavy atom. The van der Waals surface area contributed by atoms with Gasteiger partial charge >= 0.3 is 0 Å². The van der Waals surface area contributed by atoms with E-state index in [1.807, 2.05) is 13.0 Å². The number of carbonyl (C=O) groups excluding carboxylic acids is 1. The van der Waals surface area contributed by atoms with Crippen LogP contribution in [0.3, 0.4) is 0 Å². The molecule has 2 atom stereocenters. The highest BCUT2D eigenvalue weighted by Gasteiger charge is 2.32. The quantitative estimate of drug-likeness (QED) is 0.860. The molecule has 0 aliphatic heterocycles. The van der Waals surface area contributed by atoms with Gasteiger partial charge in [0.25, 0.3) is 5.91 Å². The summed E-state index contributed by atoms with van der Waals surface area (Å²) in [5.41, 5.74) is 1.46. The van der Waals surface area contributed by atoms with Gasteiger partial charge in [-0.1, -0.05) is 18.5 Å². The number of hydrogen-bond acceptors (Lipinski definition) is 2. The van der Waals surface area contributed by atoms with Crippen LogP contribution < -0.4 is 10.6 Å². The number of halogens is 1. The lowest BCUT2D eigenvalue weighted by molar-refractivity contribution is 0.0952. The van der Waals surface area contributed by atoms with Gasteiger partial charge in [0, 0.05) is 23.8 Å². The second kappa shape index (κ2) is 5.61. The van der Waals surface area contributed by atoms with E-state index in [4.69, 9.17) is 11.6 Å². The standard InChI is InChI=1S/C14H19ClN2O/c1-3-16-13-5-4-11(15)7-12(13)14(18)17-8-10-6-9(10)2/h4-5,7,9-10,16H,3,6,8H2,1-2H3,(H,17,18). The SMILES string of the molecule is CCNc1ccc(Cl)cc1C(=O)NCC1CC1C. The van der Waals surface area contributed by atoms with Gasteiger partial charge in [0.2, 0.25) is 0 Å². The average Bonchev–Trinajstić information content (AvgIpc) is 3.05. The fourth-order valence-corrected chi connectivity index (χ4v) is 2.22. The molecule has 0 heterocycles. The van der Waals surface area contributed by atoms with E-state index in [0.717, 1.165) is 24.7 Å². The van der Waals surface area contributed by atoms with E-state index in [2.05, 4.69) is 17.6 Å². The minimum Gasteiger partial charge on any atom is -0.385 e. The Hall–Kier alpha value is -1.22.